The number of hydrogen-bond acceptors (Lipinski definition) is 1. The van der Waals surface area contributed by atoms with Crippen LogP contribution in [0, 0.1) is 6.92 Å². The molecule has 0 aliphatic rings. The molecule has 0 aliphatic heterocycles. The largest absolute Gasteiger partial charge is 0.338 e. The van der Waals surface area contributed by atoms with Crippen LogP contribution in [0.1, 0.15) is 16.1 Å². The number of alkyl halides is 2. The molecule has 112 valence electrons. The van der Waals surface area contributed by atoms with E-state index in [4.69, 9.17) is 11.6 Å². The Morgan fingerprint density at radius 2 is 2.19 bits per heavy atom. The van der Waals surface area contributed by atoms with Crippen LogP contribution in [0.25, 0.3) is 0 Å². The zero-order chi connectivity index (χ0) is 15.6. The maximum Gasteiger partial charge on any atom is 0.272 e. The molecule has 7 heteroatoms. The van der Waals surface area contributed by atoms with Crippen molar-refractivity contribution in [1.29, 1.82) is 0 Å². The molecule has 0 fully saturated rings. The van der Waals surface area contributed by atoms with Crippen LogP contribution in [0.2, 0.25) is 5.02 Å². The van der Waals surface area contributed by atoms with Gasteiger partial charge in [0, 0.05) is 15.7 Å². The SMILES string of the molecule is Cc1cc(Br)c(NC(=O)c2cccn2CC(F)F)cc1Cl. The lowest BCUT2D eigenvalue weighted by Gasteiger charge is -2.11. The highest BCUT2D eigenvalue weighted by atomic mass is 79.9. The fourth-order valence-electron chi connectivity index (χ4n) is 1.86. The molecule has 0 saturated heterocycles. The molecular weight excluding hydrogens is 366 g/mol. The Morgan fingerprint density at radius 1 is 1.48 bits per heavy atom. The van der Waals surface area contributed by atoms with Crippen molar-refractivity contribution in [2.45, 2.75) is 19.9 Å². The number of anilines is 1. The molecule has 21 heavy (non-hydrogen) atoms. The second-order valence-corrected chi connectivity index (χ2v) is 5.73. The van der Waals surface area contributed by atoms with E-state index in [9.17, 15) is 13.6 Å². The zero-order valence-corrected chi connectivity index (χ0v) is 13.4. The van der Waals surface area contributed by atoms with Gasteiger partial charge in [0.15, 0.2) is 0 Å². The molecule has 0 atom stereocenters. The van der Waals surface area contributed by atoms with Crippen LogP contribution in [-0.4, -0.2) is 16.9 Å². The van der Waals surface area contributed by atoms with E-state index in [0.29, 0.717) is 15.2 Å². The molecule has 0 unspecified atom stereocenters. The van der Waals surface area contributed by atoms with Gasteiger partial charge in [-0.05, 0) is 52.7 Å². The van der Waals surface area contributed by atoms with E-state index >= 15 is 0 Å². The highest BCUT2D eigenvalue weighted by Crippen LogP contribution is 2.29. The lowest BCUT2D eigenvalue weighted by Crippen LogP contribution is -2.19. The van der Waals surface area contributed by atoms with Gasteiger partial charge in [0.1, 0.15) is 5.69 Å². The molecule has 1 amide bonds. The summed E-state index contributed by atoms with van der Waals surface area (Å²) in [4.78, 5) is 12.2. The van der Waals surface area contributed by atoms with Crippen LogP contribution in [0.5, 0.6) is 0 Å². The Bertz CT molecular complexity index is 673. The zero-order valence-electron chi connectivity index (χ0n) is 11.0. The van der Waals surface area contributed by atoms with Gasteiger partial charge in [-0.2, -0.15) is 0 Å². The molecule has 0 spiro atoms. The molecule has 2 rings (SSSR count). The number of aromatic nitrogens is 1. The van der Waals surface area contributed by atoms with Crippen molar-refractivity contribution in [2.24, 2.45) is 0 Å². The number of hydrogen-bond donors (Lipinski definition) is 1. The number of benzene rings is 1. The summed E-state index contributed by atoms with van der Waals surface area (Å²) in [6, 6.07) is 6.42. The average Bonchev–Trinajstić information content (AvgIpc) is 2.83. The van der Waals surface area contributed by atoms with Gasteiger partial charge in [-0.1, -0.05) is 11.6 Å². The van der Waals surface area contributed by atoms with Crippen molar-refractivity contribution in [2.75, 3.05) is 5.32 Å². The summed E-state index contributed by atoms with van der Waals surface area (Å²) in [7, 11) is 0. The lowest BCUT2D eigenvalue weighted by atomic mass is 10.2. The predicted molar refractivity (Wildman–Crippen MR) is 82.3 cm³/mol. The maximum atomic E-state index is 12.5. The summed E-state index contributed by atoms with van der Waals surface area (Å²) in [5.41, 5.74) is 1.52. The van der Waals surface area contributed by atoms with Crippen molar-refractivity contribution in [1.82, 2.24) is 4.57 Å². The summed E-state index contributed by atoms with van der Waals surface area (Å²) < 4.78 is 26.8. The van der Waals surface area contributed by atoms with E-state index in [-0.39, 0.29) is 5.69 Å². The molecular formula is C14H12BrClF2N2O. The minimum Gasteiger partial charge on any atom is -0.338 e. The van der Waals surface area contributed by atoms with Gasteiger partial charge in [-0.25, -0.2) is 8.78 Å². The van der Waals surface area contributed by atoms with Crippen LogP contribution >= 0.6 is 27.5 Å². The molecule has 0 aliphatic carbocycles. The second-order valence-electron chi connectivity index (χ2n) is 4.47. The summed E-state index contributed by atoms with van der Waals surface area (Å²) >= 11 is 9.35. The van der Waals surface area contributed by atoms with E-state index in [2.05, 4.69) is 21.2 Å². The fraction of sp³-hybridized carbons (Fsp3) is 0.214. The molecule has 1 aromatic heterocycles. The van der Waals surface area contributed by atoms with Gasteiger partial charge in [0.25, 0.3) is 12.3 Å². The number of nitrogens with zero attached hydrogens (tertiary/aromatic N) is 1. The Labute approximate surface area is 134 Å². The van der Waals surface area contributed by atoms with Crippen LogP contribution in [0.4, 0.5) is 14.5 Å². The number of aryl methyl sites for hydroxylation is 1. The van der Waals surface area contributed by atoms with Gasteiger partial charge in [-0.15, -0.1) is 0 Å². The first kappa shape index (κ1) is 16.0. The number of carbonyl (C=O) groups is 1. The summed E-state index contributed by atoms with van der Waals surface area (Å²) in [6.45, 7) is 1.32. The number of rotatable bonds is 4. The summed E-state index contributed by atoms with van der Waals surface area (Å²) in [6.07, 6.45) is -1.08. The van der Waals surface area contributed by atoms with Gasteiger partial charge >= 0.3 is 0 Å². The minimum absolute atomic E-state index is 0.166. The van der Waals surface area contributed by atoms with Gasteiger partial charge < -0.3 is 9.88 Å². The van der Waals surface area contributed by atoms with Gasteiger partial charge in [-0.3, -0.25) is 4.79 Å². The number of carbonyl (C=O) groups excluding carboxylic acids is 1. The van der Waals surface area contributed by atoms with Crippen molar-refractivity contribution >= 4 is 39.1 Å². The Morgan fingerprint density at radius 3 is 2.86 bits per heavy atom. The Kier molecular flexibility index (Phi) is 5.00. The van der Waals surface area contributed by atoms with Crippen molar-refractivity contribution in [3.63, 3.8) is 0 Å². The molecule has 0 saturated carbocycles. The van der Waals surface area contributed by atoms with Crippen LogP contribution < -0.4 is 5.32 Å². The third-order valence-electron chi connectivity index (χ3n) is 2.89. The Hall–Kier alpha value is -1.40. The minimum atomic E-state index is -2.52. The van der Waals surface area contributed by atoms with Gasteiger partial charge in [0.2, 0.25) is 0 Å². The van der Waals surface area contributed by atoms with Crippen LogP contribution in [0.15, 0.2) is 34.9 Å². The molecule has 2 aromatic rings. The summed E-state index contributed by atoms with van der Waals surface area (Å²) in [5, 5.41) is 3.17. The predicted octanol–water partition coefficient (Wildman–Crippen LogP) is 4.73. The molecule has 0 bridgehead atoms. The molecule has 1 N–H and O–H groups in total. The quantitative estimate of drug-likeness (QED) is 0.821. The molecule has 1 aromatic carbocycles. The molecule has 0 radical (unpaired) electrons. The first-order chi connectivity index (χ1) is 9.88. The fourth-order valence-corrected chi connectivity index (χ4v) is 2.58. The van der Waals surface area contributed by atoms with Crippen LogP contribution in [-0.2, 0) is 6.54 Å². The number of amides is 1. The smallest absolute Gasteiger partial charge is 0.272 e. The van der Waals surface area contributed by atoms with E-state index in [1.807, 2.05) is 6.92 Å². The van der Waals surface area contributed by atoms with Crippen LogP contribution in [0.3, 0.4) is 0 Å². The first-order valence-corrected chi connectivity index (χ1v) is 7.26. The topological polar surface area (TPSA) is 34.0 Å². The van der Waals surface area contributed by atoms with E-state index in [1.165, 1.54) is 16.8 Å². The maximum absolute atomic E-state index is 12.5. The normalized spacial score (nSPS) is 11.0. The van der Waals surface area contributed by atoms with Gasteiger partial charge in [0.05, 0.1) is 12.2 Å². The monoisotopic (exact) mass is 376 g/mol. The third-order valence-corrected chi connectivity index (χ3v) is 3.96. The highest BCUT2D eigenvalue weighted by Gasteiger charge is 2.15. The van der Waals surface area contributed by atoms with Crippen molar-refractivity contribution < 1.29 is 13.6 Å². The summed E-state index contributed by atoms with van der Waals surface area (Å²) in [5.74, 6) is -0.471. The third kappa shape index (κ3) is 3.83. The van der Waals surface area contributed by atoms with E-state index < -0.39 is 18.9 Å². The second kappa shape index (κ2) is 6.58. The Balaban J connectivity index is 2.23. The first-order valence-electron chi connectivity index (χ1n) is 6.08. The van der Waals surface area contributed by atoms with E-state index in [1.54, 1.807) is 18.2 Å². The average molecular weight is 378 g/mol. The molecule has 3 nitrogen and oxygen atoms in total. The van der Waals surface area contributed by atoms with Crippen molar-refractivity contribution in [3.05, 3.63) is 51.2 Å². The number of halogens is 4. The molecule has 1 heterocycles. The standard InChI is InChI=1S/C14H12BrClF2N2O/c1-8-5-9(15)11(6-10(8)16)19-14(21)12-3-2-4-20(12)7-13(17)18/h2-6,13H,7H2,1H3,(H,19,21). The van der Waals surface area contributed by atoms with E-state index in [0.717, 1.165) is 5.56 Å². The van der Waals surface area contributed by atoms with Crippen molar-refractivity contribution in [3.8, 4) is 0 Å². The number of nitrogens with one attached hydrogen (secondary N) is 1. The highest BCUT2D eigenvalue weighted by molar-refractivity contribution is 9.10. The lowest BCUT2D eigenvalue weighted by molar-refractivity contribution is 0.0997.